The topological polar surface area (TPSA) is 86.9 Å². The highest BCUT2D eigenvalue weighted by Crippen LogP contribution is 2.28. The molecule has 0 bridgehead atoms. The van der Waals surface area contributed by atoms with E-state index in [0.717, 1.165) is 12.8 Å². The minimum atomic E-state index is -0.162. The molecule has 1 aliphatic rings. The zero-order valence-electron chi connectivity index (χ0n) is 9.12. The number of carbonyl (C=O) groups excluding carboxylic acids is 1. The predicted octanol–water partition coefficient (Wildman–Crippen LogP) is 0.313. The second kappa shape index (κ2) is 5.48. The number of carbonyl (C=O) groups is 1. The lowest BCUT2D eigenvalue weighted by molar-refractivity contribution is -0.122. The van der Waals surface area contributed by atoms with Crippen LogP contribution in [0.25, 0.3) is 0 Å². The highest BCUT2D eigenvalue weighted by Gasteiger charge is 2.28. The van der Waals surface area contributed by atoms with Crippen LogP contribution in [0.15, 0.2) is 11.1 Å². The molecule has 1 saturated carbocycles. The lowest BCUT2D eigenvalue weighted by atomic mass is 10.4. The molecule has 3 N–H and O–H groups in total. The van der Waals surface area contributed by atoms with Gasteiger partial charge in [-0.3, -0.25) is 9.59 Å². The first-order chi connectivity index (χ1) is 8.18. The van der Waals surface area contributed by atoms with Crippen LogP contribution in [0, 0.1) is 9.49 Å². The Balaban J connectivity index is 1.76. The molecule has 0 atom stereocenters. The fourth-order valence-electron chi connectivity index (χ4n) is 1.36. The Morgan fingerprint density at radius 3 is 3.00 bits per heavy atom. The number of rotatable bonds is 5. The molecular formula is C10H13IN4O2. The number of nitrogens with zero attached hydrogens (tertiary/aromatic N) is 1. The number of anilines is 1. The number of nitrogens with one attached hydrogen (secondary N) is 3. The Morgan fingerprint density at radius 1 is 1.53 bits per heavy atom. The Kier molecular flexibility index (Phi) is 3.97. The fraction of sp³-hybridized carbons (Fsp3) is 0.500. The molecule has 0 saturated heterocycles. The van der Waals surface area contributed by atoms with Crippen molar-refractivity contribution in [3.8, 4) is 0 Å². The SMILES string of the molecule is O=C(NCCNc1nc[nH]c(=O)c1I)C1CC1. The van der Waals surface area contributed by atoms with Gasteiger partial charge in [0.1, 0.15) is 9.39 Å². The van der Waals surface area contributed by atoms with Crippen molar-refractivity contribution in [2.45, 2.75) is 12.8 Å². The number of aromatic nitrogens is 2. The van der Waals surface area contributed by atoms with E-state index in [0.29, 0.717) is 22.5 Å². The molecule has 1 amide bonds. The highest BCUT2D eigenvalue weighted by atomic mass is 127. The van der Waals surface area contributed by atoms with Gasteiger partial charge in [-0.15, -0.1) is 0 Å². The Labute approximate surface area is 112 Å². The van der Waals surface area contributed by atoms with E-state index in [1.54, 1.807) is 0 Å². The van der Waals surface area contributed by atoms with E-state index in [1.165, 1.54) is 6.33 Å². The molecule has 0 unspecified atom stereocenters. The molecule has 0 spiro atoms. The van der Waals surface area contributed by atoms with Gasteiger partial charge in [-0.2, -0.15) is 0 Å². The molecule has 0 aliphatic heterocycles. The molecule has 7 heteroatoms. The Bertz CT molecular complexity index is 470. The molecule has 92 valence electrons. The smallest absolute Gasteiger partial charge is 0.266 e. The molecule has 1 fully saturated rings. The molecule has 1 aliphatic carbocycles. The van der Waals surface area contributed by atoms with Crippen LogP contribution >= 0.6 is 22.6 Å². The summed E-state index contributed by atoms with van der Waals surface area (Å²) in [7, 11) is 0. The van der Waals surface area contributed by atoms with Crippen LogP contribution in [0.5, 0.6) is 0 Å². The van der Waals surface area contributed by atoms with Gasteiger partial charge in [-0.05, 0) is 35.4 Å². The molecule has 0 radical (unpaired) electrons. The number of amides is 1. The van der Waals surface area contributed by atoms with E-state index >= 15 is 0 Å². The van der Waals surface area contributed by atoms with Gasteiger partial charge in [-0.1, -0.05) is 0 Å². The summed E-state index contributed by atoms with van der Waals surface area (Å²) in [6.07, 6.45) is 3.37. The van der Waals surface area contributed by atoms with Crippen molar-refractivity contribution < 1.29 is 4.79 Å². The summed E-state index contributed by atoms with van der Waals surface area (Å²) < 4.78 is 0.526. The first kappa shape index (κ1) is 12.3. The number of aromatic amines is 1. The minimum absolute atomic E-state index is 0.125. The number of hydrogen-bond donors (Lipinski definition) is 3. The van der Waals surface area contributed by atoms with E-state index < -0.39 is 0 Å². The minimum Gasteiger partial charge on any atom is -0.367 e. The second-order valence-electron chi connectivity index (χ2n) is 3.89. The third-order valence-corrected chi connectivity index (χ3v) is 3.46. The number of hydrogen-bond acceptors (Lipinski definition) is 4. The summed E-state index contributed by atoms with van der Waals surface area (Å²) in [6, 6.07) is 0. The molecular weight excluding hydrogens is 335 g/mol. The van der Waals surface area contributed by atoms with Crippen LogP contribution in [-0.2, 0) is 4.79 Å². The van der Waals surface area contributed by atoms with Crippen molar-refractivity contribution in [3.05, 3.63) is 20.3 Å². The average Bonchev–Trinajstić information content (AvgIpc) is 3.13. The largest absolute Gasteiger partial charge is 0.367 e. The maximum absolute atomic E-state index is 11.3. The lowest BCUT2D eigenvalue weighted by Gasteiger charge is -2.07. The number of H-pyrrole nitrogens is 1. The molecule has 1 heterocycles. The Morgan fingerprint density at radius 2 is 2.29 bits per heavy atom. The van der Waals surface area contributed by atoms with Crippen LogP contribution in [0.1, 0.15) is 12.8 Å². The van der Waals surface area contributed by atoms with Crippen molar-refractivity contribution in [2.24, 2.45) is 5.92 Å². The van der Waals surface area contributed by atoms with Crippen molar-refractivity contribution in [1.82, 2.24) is 15.3 Å². The van der Waals surface area contributed by atoms with Gasteiger partial charge < -0.3 is 15.6 Å². The van der Waals surface area contributed by atoms with Crippen molar-refractivity contribution >= 4 is 34.3 Å². The summed E-state index contributed by atoms with van der Waals surface area (Å²) in [5, 5.41) is 5.85. The van der Waals surface area contributed by atoms with E-state index in [2.05, 4.69) is 20.6 Å². The van der Waals surface area contributed by atoms with E-state index in [1.807, 2.05) is 22.6 Å². The molecule has 6 nitrogen and oxygen atoms in total. The maximum atomic E-state index is 11.3. The zero-order valence-corrected chi connectivity index (χ0v) is 11.3. The van der Waals surface area contributed by atoms with Gasteiger partial charge in [0, 0.05) is 19.0 Å². The predicted molar refractivity (Wildman–Crippen MR) is 71.8 cm³/mol. The van der Waals surface area contributed by atoms with Crippen LogP contribution < -0.4 is 16.2 Å². The van der Waals surface area contributed by atoms with Crippen LogP contribution in [-0.4, -0.2) is 29.0 Å². The van der Waals surface area contributed by atoms with E-state index in [-0.39, 0.29) is 17.4 Å². The van der Waals surface area contributed by atoms with E-state index in [4.69, 9.17) is 0 Å². The van der Waals surface area contributed by atoms with Gasteiger partial charge in [-0.25, -0.2) is 4.98 Å². The van der Waals surface area contributed by atoms with Crippen LogP contribution in [0.3, 0.4) is 0 Å². The van der Waals surface area contributed by atoms with Crippen LogP contribution in [0.2, 0.25) is 0 Å². The maximum Gasteiger partial charge on any atom is 0.266 e. The summed E-state index contributed by atoms with van der Waals surface area (Å²) in [5.74, 6) is 0.906. The fourth-order valence-corrected chi connectivity index (χ4v) is 1.85. The Hall–Kier alpha value is -1.12. The first-order valence-corrected chi connectivity index (χ1v) is 6.51. The summed E-state index contributed by atoms with van der Waals surface area (Å²) in [6.45, 7) is 1.10. The van der Waals surface area contributed by atoms with Crippen LogP contribution in [0.4, 0.5) is 5.82 Å². The normalized spacial score (nSPS) is 14.4. The van der Waals surface area contributed by atoms with Crippen molar-refractivity contribution in [3.63, 3.8) is 0 Å². The second-order valence-corrected chi connectivity index (χ2v) is 4.97. The summed E-state index contributed by atoms with van der Waals surface area (Å²) in [4.78, 5) is 29.1. The monoisotopic (exact) mass is 348 g/mol. The zero-order chi connectivity index (χ0) is 12.3. The molecule has 0 aromatic carbocycles. The molecule has 17 heavy (non-hydrogen) atoms. The van der Waals surface area contributed by atoms with Crippen molar-refractivity contribution in [1.29, 1.82) is 0 Å². The van der Waals surface area contributed by atoms with Gasteiger partial charge in [0.25, 0.3) is 5.56 Å². The molecule has 2 rings (SSSR count). The molecule has 1 aromatic rings. The third-order valence-electron chi connectivity index (χ3n) is 2.46. The first-order valence-electron chi connectivity index (χ1n) is 5.43. The average molecular weight is 348 g/mol. The third kappa shape index (κ3) is 3.42. The standard InChI is InChI=1S/C10H13IN4O2/c11-7-8(14-5-15-10(7)17)12-3-4-13-9(16)6-1-2-6/h5-6H,1-4H2,(H,13,16)(H2,12,14,15,17). The van der Waals surface area contributed by atoms with E-state index in [9.17, 15) is 9.59 Å². The summed E-state index contributed by atoms with van der Waals surface area (Å²) in [5.41, 5.74) is -0.162. The number of halogens is 1. The van der Waals surface area contributed by atoms with Gasteiger partial charge in [0.05, 0.1) is 6.33 Å². The summed E-state index contributed by atoms with van der Waals surface area (Å²) >= 11 is 1.93. The molecule has 1 aromatic heterocycles. The van der Waals surface area contributed by atoms with Gasteiger partial charge >= 0.3 is 0 Å². The van der Waals surface area contributed by atoms with Gasteiger partial charge in [0.2, 0.25) is 5.91 Å². The van der Waals surface area contributed by atoms with Crippen molar-refractivity contribution in [2.75, 3.05) is 18.4 Å². The quantitative estimate of drug-likeness (QED) is 0.528. The van der Waals surface area contributed by atoms with Gasteiger partial charge in [0.15, 0.2) is 0 Å². The lowest BCUT2D eigenvalue weighted by Crippen LogP contribution is -2.30. The highest BCUT2D eigenvalue weighted by molar-refractivity contribution is 14.1.